The highest BCUT2D eigenvalue weighted by molar-refractivity contribution is 9.10. The summed E-state index contributed by atoms with van der Waals surface area (Å²) in [4.78, 5) is 18.3. The predicted molar refractivity (Wildman–Crippen MR) is 71.7 cm³/mol. The summed E-state index contributed by atoms with van der Waals surface area (Å²) >= 11 is 3.28. The summed E-state index contributed by atoms with van der Waals surface area (Å²) < 4.78 is 12.0. The molecule has 0 saturated carbocycles. The molecule has 19 heavy (non-hydrogen) atoms. The maximum atomic E-state index is 12.3. The van der Waals surface area contributed by atoms with Crippen molar-refractivity contribution in [2.45, 2.75) is 18.6 Å². The van der Waals surface area contributed by atoms with Gasteiger partial charge in [0.1, 0.15) is 10.3 Å². The van der Waals surface area contributed by atoms with Crippen LogP contribution >= 0.6 is 15.9 Å². The Balaban J connectivity index is 1.66. The molecule has 0 aromatic carbocycles. The van der Waals surface area contributed by atoms with E-state index >= 15 is 0 Å². The summed E-state index contributed by atoms with van der Waals surface area (Å²) in [6.45, 7) is 2.60. The third kappa shape index (κ3) is 2.66. The van der Waals surface area contributed by atoms with E-state index in [1.54, 1.807) is 6.07 Å². The second-order valence-corrected chi connectivity index (χ2v) is 5.56. The molecule has 0 bridgehead atoms. The Morgan fingerprint density at radius 2 is 1.95 bits per heavy atom. The van der Waals surface area contributed by atoms with E-state index in [4.69, 9.17) is 9.47 Å². The highest BCUT2D eigenvalue weighted by Gasteiger charge is 2.40. The molecule has 2 saturated heterocycles. The molecule has 0 unspecified atom stereocenters. The highest BCUT2D eigenvalue weighted by Crippen LogP contribution is 2.31. The first-order valence-electron chi connectivity index (χ1n) is 6.38. The van der Waals surface area contributed by atoms with E-state index in [1.807, 2.05) is 17.0 Å². The summed E-state index contributed by atoms with van der Waals surface area (Å²) in [5.41, 5.74) is 0.471. The summed E-state index contributed by atoms with van der Waals surface area (Å²) in [6, 6.07) is 5.36. The number of likely N-dealkylation sites (tertiary alicyclic amines) is 1. The number of aromatic nitrogens is 1. The molecule has 1 aromatic heterocycles. The number of rotatable bonds is 1. The Bertz CT molecular complexity index is 479. The Hall–Kier alpha value is -0.980. The lowest BCUT2D eigenvalue weighted by atomic mass is 10.0. The molecule has 0 N–H and O–H groups in total. The minimum Gasteiger partial charge on any atom is -0.347 e. The fraction of sp³-hybridized carbons (Fsp3) is 0.538. The van der Waals surface area contributed by atoms with Gasteiger partial charge in [0.15, 0.2) is 5.79 Å². The number of ether oxygens (including phenoxy) is 2. The van der Waals surface area contributed by atoms with E-state index in [2.05, 4.69) is 20.9 Å². The molecule has 5 nitrogen and oxygen atoms in total. The van der Waals surface area contributed by atoms with Crippen molar-refractivity contribution in [3.05, 3.63) is 28.5 Å². The van der Waals surface area contributed by atoms with Crippen molar-refractivity contribution < 1.29 is 14.3 Å². The minimum atomic E-state index is -0.443. The van der Waals surface area contributed by atoms with Gasteiger partial charge in [-0.05, 0) is 28.1 Å². The highest BCUT2D eigenvalue weighted by atomic mass is 79.9. The van der Waals surface area contributed by atoms with Crippen LogP contribution in [-0.2, 0) is 9.47 Å². The molecule has 0 radical (unpaired) electrons. The largest absolute Gasteiger partial charge is 0.347 e. The van der Waals surface area contributed by atoms with E-state index in [9.17, 15) is 4.79 Å². The first-order valence-corrected chi connectivity index (χ1v) is 7.18. The van der Waals surface area contributed by atoms with Gasteiger partial charge in [0.25, 0.3) is 5.91 Å². The molecule has 1 spiro atoms. The van der Waals surface area contributed by atoms with Gasteiger partial charge in [-0.15, -0.1) is 0 Å². The van der Waals surface area contributed by atoms with Crippen molar-refractivity contribution in [3.8, 4) is 0 Å². The Labute approximate surface area is 120 Å². The standard InChI is InChI=1S/C13H15BrN2O3/c14-11-3-1-2-10(15-11)12(17)16-6-4-13(5-7-16)18-8-9-19-13/h1-3H,4-9H2. The van der Waals surface area contributed by atoms with Crippen molar-refractivity contribution in [1.29, 1.82) is 0 Å². The average Bonchev–Trinajstić information content (AvgIpc) is 2.87. The van der Waals surface area contributed by atoms with Crippen molar-refractivity contribution in [2.75, 3.05) is 26.3 Å². The number of amides is 1. The van der Waals surface area contributed by atoms with Crippen LogP contribution in [0.1, 0.15) is 23.3 Å². The van der Waals surface area contributed by atoms with Gasteiger partial charge >= 0.3 is 0 Å². The minimum absolute atomic E-state index is 0.0332. The second-order valence-electron chi connectivity index (χ2n) is 4.75. The monoisotopic (exact) mass is 326 g/mol. The van der Waals surface area contributed by atoms with Crippen molar-refractivity contribution in [1.82, 2.24) is 9.88 Å². The van der Waals surface area contributed by atoms with E-state index < -0.39 is 5.79 Å². The van der Waals surface area contributed by atoms with E-state index in [0.717, 1.165) is 12.8 Å². The molecular formula is C13H15BrN2O3. The van der Waals surface area contributed by atoms with Crippen LogP contribution in [0, 0.1) is 0 Å². The topological polar surface area (TPSA) is 51.7 Å². The Morgan fingerprint density at radius 1 is 1.26 bits per heavy atom. The maximum Gasteiger partial charge on any atom is 0.272 e. The van der Waals surface area contributed by atoms with Crippen molar-refractivity contribution in [3.63, 3.8) is 0 Å². The zero-order valence-electron chi connectivity index (χ0n) is 10.5. The molecule has 0 atom stereocenters. The molecule has 1 amide bonds. The number of carbonyl (C=O) groups is 1. The lowest BCUT2D eigenvalue weighted by molar-refractivity contribution is -0.181. The number of piperidine rings is 1. The third-order valence-corrected chi connectivity index (χ3v) is 4.00. The van der Waals surface area contributed by atoms with Gasteiger partial charge in [-0.3, -0.25) is 4.79 Å². The number of hydrogen-bond donors (Lipinski definition) is 0. The van der Waals surface area contributed by atoms with E-state index in [1.165, 1.54) is 0 Å². The number of nitrogens with zero attached hydrogens (tertiary/aromatic N) is 2. The van der Waals surface area contributed by atoms with Crippen LogP contribution in [0.15, 0.2) is 22.8 Å². The Kier molecular flexibility index (Phi) is 3.56. The molecule has 3 heterocycles. The third-order valence-electron chi connectivity index (χ3n) is 3.56. The van der Waals surface area contributed by atoms with Crippen LogP contribution in [0.4, 0.5) is 0 Å². The number of halogens is 1. The van der Waals surface area contributed by atoms with E-state index in [0.29, 0.717) is 36.6 Å². The van der Waals surface area contributed by atoms with Gasteiger partial charge in [-0.25, -0.2) is 4.98 Å². The second kappa shape index (κ2) is 5.19. The summed E-state index contributed by atoms with van der Waals surface area (Å²) in [5.74, 6) is -0.476. The van der Waals surface area contributed by atoms with E-state index in [-0.39, 0.29) is 5.91 Å². The van der Waals surface area contributed by atoms with Crippen LogP contribution in [0.3, 0.4) is 0 Å². The van der Waals surface area contributed by atoms with Crippen LogP contribution < -0.4 is 0 Å². The lowest BCUT2D eigenvalue weighted by Gasteiger charge is -2.37. The van der Waals surface area contributed by atoms with Gasteiger partial charge in [0.05, 0.1) is 13.2 Å². The fourth-order valence-electron chi connectivity index (χ4n) is 2.53. The van der Waals surface area contributed by atoms with Gasteiger partial charge in [-0.2, -0.15) is 0 Å². The first-order chi connectivity index (χ1) is 9.19. The number of hydrogen-bond acceptors (Lipinski definition) is 4. The Morgan fingerprint density at radius 3 is 2.58 bits per heavy atom. The number of pyridine rings is 1. The normalized spacial score (nSPS) is 21.8. The summed E-state index contributed by atoms with van der Waals surface area (Å²) in [5, 5.41) is 0. The molecule has 102 valence electrons. The van der Waals surface area contributed by atoms with Gasteiger partial charge < -0.3 is 14.4 Å². The first kappa shape index (κ1) is 13.0. The molecule has 0 aliphatic carbocycles. The van der Waals surface area contributed by atoms with Gasteiger partial charge in [0, 0.05) is 25.9 Å². The molecule has 2 fully saturated rings. The van der Waals surface area contributed by atoms with Crippen molar-refractivity contribution >= 4 is 21.8 Å². The zero-order chi connectivity index (χ0) is 13.3. The average molecular weight is 327 g/mol. The maximum absolute atomic E-state index is 12.3. The van der Waals surface area contributed by atoms with Crippen molar-refractivity contribution in [2.24, 2.45) is 0 Å². The molecule has 2 aliphatic rings. The summed E-state index contributed by atoms with van der Waals surface area (Å²) in [7, 11) is 0. The van der Waals surface area contributed by atoms with Crippen LogP contribution in [0.25, 0.3) is 0 Å². The van der Waals surface area contributed by atoms with Crippen LogP contribution in [-0.4, -0.2) is 47.9 Å². The fourth-order valence-corrected chi connectivity index (χ4v) is 2.87. The molecule has 6 heteroatoms. The van der Waals surface area contributed by atoms with Gasteiger partial charge in [0.2, 0.25) is 0 Å². The quantitative estimate of drug-likeness (QED) is 0.739. The molecule has 3 rings (SSSR count). The zero-order valence-corrected chi connectivity index (χ0v) is 12.1. The number of carbonyl (C=O) groups excluding carboxylic acids is 1. The SMILES string of the molecule is O=C(c1cccc(Br)n1)N1CCC2(CC1)OCCO2. The smallest absolute Gasteiger partial charge is 0.272 e. The van der Waals surface area contributed by atoms with Gasteiger partial charge in [-0.1, -0.05) is 6.07 Å². The van der Waals surface area contributed by atoms with Crippen LogP contribution in [0.5, 0.6) is 0 Å². The predicted octanol–water partition coefficient (Wildman–Crippen LogP) is 1.82. The van der Waals surface area contributed by atoms with Crippen LogP contribution in [0.2, 0.25) is 0 Å². The lowest BCUT2D eigenvalue weighted by Crippen LogP contribution is -2.47. The summed E-state index contributed by atoms with van der Waals surface area (Å²) in [6.07, 6.45) is 1.46. The molecule has 1 aromatic rings. The molecule has 2 aliphatic heterocycles. The molecular weight excluding hydrogens is 312 g/mol.